The van der Waals surface area contributed by atoms with E-state index in [0.717, 1.165) is 10.5 Å². The van der Waals surface area contributed by atoms with E-state index in [4.69, 9.17) is 0 Å². The standard InChI is InChI=1S/C15H12NO2/c17-12-16(14-9-5-2-6-10-14)15(18)11-13-7-3-1-4-8-13/h1-10H,11H2. The van der Waals surface area contributed by atoms with Crippen LogP contribution >= 0.6 is 0 Å². The predicted octanol–water partition coefficient (Wildman–Crippen LogP) is 2.33. The Morgan fingerprint density at radius 3 is 2.06 bits per heavy atom. The minimum atomic E-state index is -0.289. The van der Waals surface area contributed by atoms with Crippen molar-refractivity contribution < 1.29 is 9.59 Å². The number of anilines is 1. The van der Waals surface area contributed by atoms with E-state index in [1.54, 1.807) is 30.7 Å². The van der Waals surface area contributed by atoms with Crippen LogP contribution in [0, 0.1) is 0 Å². The van der Waals surface area contributed by atoms with Crippen LogP contribution < -0.4 is 4.90 Å². The van der Waals surface area contributed by atoms with Crippen LogP contribution in [0.5, 0.6) is 0 Å². The van der Waals surface area contributed by atoms with Gasteiger partial charge >= 0.3 is 6.41 Å². The van der Waals surface area contributed by atoms with Gasteiger partial charge in [-0.15, -0.1) is 0 Å². The number of imide groups is 1. The zero-order valence-electron chi connectivity index (χ0n) is 9.74. The maximum absolute atomic E-state index is 12.0. The number of nitrogens with zero attached hydrogens (tertiary/aromatic N) is 1. The van der Waals surface area contributed by atoms with Gasteiger partial charge in [-0.05, 0) is 17.7 Å². The van der Waals surface area contributed by atoms with Gasteiger partial charge in [-0.1, -0.05) is 48.5 Å². The molecule has 0 aliphatic carbocycles. The second kappa shape index (κ2) is 5.77. The van der Waals surface area contributed by atoms with E-state index in [1.165, 1.54) is 0 Å². The fourth-order valence-electron chi connectivity index (χ4n) is 1.67. The summed E-state index contributed by atoms with van der Waals surface area (Å²) >= 11 is 0. The molecular formula is C15H12NO2. The van der Waals surface area contributed by atoms with Gasteiger partial charge in [0.15, 0.2) is 0 Å². The van der Waals surface area contributed by atoms with Gasteiger partial charge in [0.25, 0.3) is 0 Å². The second-order valence-electron chi connectivity index (χ2n) is 3.82. The normalized spacial score (nSPS) is 9.78. The smallest absolute Gasteiger partial charge is 0.274 e. The lowest BCUT2D eigenvalue weighted by molar-refractivity contribution is -0.117. The minimum absolute atomic E-state index is 0.185. The maximum Gasteiger partial charge on any atom is 0.324 e. The van der Waals surface area contributed by atoms with E-state index < -0.39 is 0 Å². The van der Waals surface area contributed by atoms with Crippen molar-refractivity contribution in [3.63, 3.8) is 0 Å². The van der Waals surface area contributed by atoms with Crippen molar-refractivity contribution in [1.29, 1.82) is 0 Å². The molecule has 0 saturated heterocycles. The van der Waals surface area contributed by atoms with Crippen molar-refractivity contribution in [2.75, 3.05) is 4.90 Å². The molecule has 0 saturated carbocycles. The number of amides is 2. The van der Waals surface area contributed by atoms with Gasteiger partial charge in [-0.2, -0.15) is 0 Å². The first kappa shape index (κ1) is 12.0. The molecule has 2 aromatic rings. The highest BCUT2D eigenvalue weighted by atomic mass is 16.2. The molecule has 0 N–H and O–H groups in total. The third-order valence-corrected chi connectivity index (χ3v) is 2.55. The zero-order chi connectivity index (χ0) is 12.8. The Labute approximate surface area is 106 Å². The lowest BCUT2D eigenvalue weighted by atomic mass is 10.1. The van der Waals surface area contributed by atoms with Crippen molar-refractivity contribution in [1.82, 2.24) is 0 Å². The van der Waals surface area contributed by atoms with E-state index in [2.05, 4.69) is 0 Å². The first-order valence-electron chi connectivity index (χ1n) is 5.61. The van der Waals surface area contributed by atoms with Gasteiger partial charge < -0.3 is 0 Å². The molecule has 0 fully saturated rings. The van der Waals surface area contributed by atoms with Crippen LogP contribution in [0.3, 0.4) is 0 Å². The average Bonchev–Trinajstić information content (AvgIpc) is 2.42. The van der Waals surface area contributed by atoms with Crippen LogP contribution in [0.4, 0.5) is 5.69 Å². The monoisotopic (exact) mass is 238 g/mol. The van der Waals surface area contributed by atoms with Crippen LogP contribution in [0.2, 0.25) is 0 Å². The Kier molecular flexibility index (Phi) is 3.86. The molecule has 0 unspecified atom stereocenters. The van der Waals surface area contributed by atoms with E-state index in [9.17, 15) is 9.59 Å². The fourth-order valence-corrected chi connectivity index (χ4v) is 1.67. The molecule has 18 heavy (non-hydrogen) atoms. The van der Waals surface area contributed by atoms with Crippen LogP contribution in [-0.2, 0) is 16.0 Å². The predicted molar refractivity (Wildman–Crippen MR) is 69.8 cm³/mol. The highest BCUT2D eigenvalue weighted by Crippen LogP contribution is 2.13. The summed E-state index contributed by atoms with van der Waals surface area (Å²) in [5.74, 6) is -0.289. The second-order valence-corrected chi connectivity index (χ2v) is 3.82. The molecule has 0 aromatic heterocycles. The van der Waals surface area contributed by atoms with E-state index in [-0.39, 0.29) is 12.3 Å². The number of rotatable bonds is 4. The largest absolute Gasteiger partial charge is 0.324 e. The van der Waals surface area contributed by atoms with Crippen molar-refractivity contribution in [2.45, 2.75) is 6.42 Å². The topological polar surface area (TPSA) is 37.4 Å². The number of benzene rings is 2. The van der Waals surface area contributed by atoms with E-state index >= 15 is 0 Å². The molecular weight excluding hydrogens is 226 g/mol. The molecule has 0 aliphatic heterocycles. The first-order valence-corrected chi connectivity index (χ1v) is 5.61. The number of hydrogen-bond acceptors (Lipinski definition) is 2. The SMILES string of the molecule is O=[C]N(C(=O)Cc1ccccc1)c1ccccc1. The van der Waals surface area contributed by atoms with Crippen LogP contribution in [0.15, 0.2) is 60.7 Å². The number of hydrogen-bond donors (Lipinski definition) is 0. The van der Waals surface area contributed by atoms with Gasteiger partial charge in [0, 0.05) is 0 Å². The summed E-state index contributed by atoms with van der Waals surface area (Å²) in [6.07, 6.45) is 1.86. The van der Waals surface area contributed by atoms with Crippen molar-refractivity contribution in [2.24, 2.45) is 0 Å². The zero-order valence-corrected chi connectivity index (χ0v) is 9.74. The molecule has 0 bridgehead atoms. The van der Waals surface area contributed by atoms with E-state index in [1.807, 2.05) is 36.4 Å². The Balaban J connectivity index is 2.14. The Morgan fingerprint density at radius 1 is 0.944 bits per heavy atom. The molecule has 0 atom stereocenters. The Hall–Kier alpha value is -2.42. The third-order valence-electron chi connectivity index (χ3n) is 2.55. The van der Waals surface area contributed by atoms with E-state index in [0.29, 0.717) is 5.69 Å². The number of carbonyl (C=O) groups is 1. The maximum atomic E-state index is 12.0. The molecule has 1 radical (unpaired) electrons. The van der Waals surface area contributed by atoms with Crippen molar-refractivity contribution >= 4 is 18.0 Å². The van der Waals surface area contributed by atoms with Gasteiger partial charge in [0.1, 0.15) is 0 Å². The number of para-hydroxylation sites is 1. The van der Waals surface area contributed by atoms with Crippen LogP contribution in [0.1, 0.15) is 5.56 Å². The first-order chi connectivity index (χ1) is 8.81. The van der Waals surface area contributed by atoms with Crippen molar-refractivity contribution in [3.05, 3.63) is 66.2 Å². The molecule has 0 spiro atoms. The van der Waals surface area contributed by atoms with Gasteiger partial charge in [0.05, 0.1) is 12.1 Å². The highest BCUT2D eigenvalue weighted by Gasteiger charge is 2.15. The summed E-state index contributed by atoms with van der Waals surface area (Å²) in [5, 5.41) is 0. The molecule has 0 aliphatic rings. The van der Waals surface area contributed by atoms with Crippen LogP contribution in [0.25, 0.3) is 0 Å². The lowest BCUT2D eigenvalue weighted by Crippen LogP contribution is -2.30. The Morgan fingerprint density at radius 2 is 1.50 bits per heavy atom. The van der Waals surface area contributed by atoms with Gasteiger partial charge in [-0.25, -0.2) is 4.90 Å². The summed E-state index contributed by atoms with van der Waals surface area (Å²) < 4.78 is 0. The molecule has 3 heteroatoms. The lowest BCUT2D eigenvalue weighted by Gasteiger charge is -2.14. The third kappa shape index (κ3) is 2.83. The highest BCUT2D eigenvalue weighted by molar-refractivity contribution is 6.07. The summed E-state index contributed by atoms with van der Waals surface area (Å²) in [7, 11) is 0. The molecule has 2 aromatic carbocycles. The minimum Gasteiger partial charge on any atom is -0.274 e. The van der Waals surface area contributed by atoms with Gasteiger partial charge in [-0.3, -0.25) is 9.59 Å². The summed E-state index contributed by atoms with van der Waals surface area (Å²) in [4.78, 5) is 23.9. The quantitative estimate of drug-likeness (QED) is 0.767. The van der Waals surface area contributed by atoms with Crippen LogP contribution in [-0.4, -0.2) is 12.3 Å². The summed E-state index contributed by atoms with van der Waals surface area (Å²) in [6, 6.07) is 18.1. The fraction of sp³-hybridized carbons (Fsp3) is 0.0667. The van der Waals surface area contributed by atoms with Gasteiger partial charge in [0.2, 0.25) is 5.91 Å². The molecule has 2 rings (SSSR count). The summed E-state index contributed by atoms with van der Waals surface area (Å²) in [6.45, 7) is 0. The average molecular weight is 238 g/mol. The molecule has 3 nitrogen and oxygen atoms in total. The Bertz CT molecular complexity index is 523. The molecule has 89 valence electrons. The number of carbonyl (C=O) groups excluding carboxylic acids is 2. The summed E-state index contributed by atoms with van der Waals surface area (Å²) in [5.41, 5.74) is 1.41. The van der Waals surface area contributed by atoms with Crippen molar-refractivity contribution in [3.8, 4) is 0 Å². The molecule has 2 amide bonds. The molecule has 0 heterocycles.